The topological polar surface area (TPSA) is 104 Å². The molecule has 0 radical (unpaired) electrons. The van der Waals surface area contributed by atoms with Gasteiger partial charge in [0.15, 0.2) is 5.76 Å². The van der Waals surface area contributed by atoms with Crippen molar-refractivity contribution in [1.29, 1.82) is 0 Å². The average molecular weight is 409 g/mol. The molecule has 0 aliphatic carbocycles. The zero-order valence-corrected chi connectivity index (χ0v) is 17.9. The molecule has 0 saturated carbocycles. The lowest BCUT2D eigenvalue weighted by molar-refractivity contribution is 0.389. The van der Waals surface area contributed by atoms with Crippen LogP contribution in [0.1, 0.15) is 41.7 Å². The van der Waals surface area contributed by atoms with Gasteiger partial charge in [0.05, 0.1) is 12.2 Å². The Bertz CT molecular complexity index is 915. The van der Waals surface area contributed by atoms with E-state index in [0.717, 1.165) is 37.6 Å². The quantitative estimate of drug-likeness (QED) is 0.766. The second-order valence-corrected chi connectivity index (χ2v) is 9.41. The van der Waals surface area contributed by atoms with Crippen molar-refractivity contribution in [3.05, 3.63) is 29.0 Å². The number of aromatic nitrogens is 3. The maximum atomic E-state index is 13.0. The van der Waals surface area contributed by atoms with Crippen LogP contribution in [-0.4, -0.2) is 62.1 Å². The van der Waals surface area contributed by atoms with Crippen molar-refractivity contribution >= 4 is 15.8 Å². The molecular weight excluding hydrogens is 380 g/mol. The number of hydrogen-bond donors (Lipinski definition) is 1. The van der Waals surface area contributed by atoms with Crippen molar-refractivity contribution in [3.8, 4) is 0 Å². The van der Waals surface area contributed by atoms with Crippen LogP contribution < -0.4 is 10.2 Å². The molecule has 154 valence electrons. The molecule has 1 N–H and O–H groups in total. The third-order valence-electron chi connectivity index (χ3n) is 4.92. The van der Waals surface area contributed by atoms with E-state index in [4.69, 9.17) is 9.51 Å². The number of piperidine rings is 1. The van der Waals surface area contributed by atoms with Crippen LogP contribution in [0, 0.1) is 13.8 Å². The van der Waals surface area contributed by atoms with E-state index >= 15 is 0 Å². The maximum absolute atomic E-state index is 13.0. The number of aryl methyl sites for hydroxylation is 2. The molecule has 1 atom stereocenters. The maximum Gasteiger partial charge on any atom is 0.248 e. The fraction of sp³-hybridized carbons (Fsp3) is 0.611. The van der Waals surface area contributed by atoms with E-state index in [9.17, 15) is 8.42 Å². The van der Waals surface area contributed by atoms with E-state index in [1.165, 1.54) is 4.31 Å². The normalized spacial score (nSPS) is 17.9. The highest BCUT2D eigenvalue weighted by atomic mass is 32.2. The van der Waals surface area contributed by atoms with Crippen LogP contribution in [0.25, 0.3) is 0 Å². The van der Waals surface area contributed by atoms with Gasteiger partial charge < -0.3 is 14.7 Å². The Hall–Kier alpha value is -2.04. The van der Waals surface area contributed by atoms with Gasteiger partial charge >= 0.3 is 0 Å². The van der Waals surface area contributed by atoms with Crippen molar-refractivity contribution in [3.63, 3.8) is 0 Å². The molecule has 9 nitrogen and oxygen atoms in total. The molecule has 1 fully saturated rings. The summed E-state index contributed by atoms with van der Waals surface area (Å²) in [6.45, 7) is 5.21. The molecule has 1 saturated heterocycles. The zero-order valence-electron chi connectivity index (χ0n) is 17.1. The summed E-state index contributed by atoms with van der Waals surface area (Å²) in [5, 5.41) is 7.14. The van der Waals surface area contributed by atoms with Gasteiger partial charge in [0, 0.05) is 39.7 Å². The number of nitrogens with one attached hydrogen (secondary N) is 1. The monoisotopic (exact) mass is 408 g/mol. The Morgan fingerprint density at radius 2 is 2.00 bits per heavy atom. The fourth-order valence-corrected chi connectivity index (χ4v) is 4.80. The molecular formula is C18H28N6O3S. The van der Waals surface area contributed by atoms with Gasteiger partial charge in [-0.3, -0.25) is 0 Å². The van der Waals surface area contributed by atoms with Gasteiger partial charge in [0.1, 0.15) is 22.2 Å². The predicted molar refractivity (Wildman–Crippen MR) is 106 cm³/mol. The largest absolute Gasteiger partial charge is 0.363 e. The molecule has 2 aromatic rings. The van der Waals surface area contributed by atoms with Gasteiger partial charge in [-0.2, -0.15) is 4.31 Å². The minimum Gasteiger partial charge on any atom is -0.363 e. The van der Waals surface area contributed by atoms with Crippen LogP contribution in [0.2, 0.25) is 0 Å². The summed E-state index contributed by atoms with van der Waals surface area (Å²) in [6, 6.07) is 1.83. The molecule has 0 bridgehead atoms. The van der Waals surface area contributed by atoms with E-state index in [1.807, 2.05) is 25.1 Å². The molecule has 3 heterocycles. The highest BCUT2D eigenvalue weighted by Crippen LogP contribution is 2.26. The second kappa shape index (κ2) is 8.14. The Labute approximate surface area is 166 Å². The van der Waals surface area contributed by atoms with Gasteiger partial charge in [0.25, 0.3) is 0 Å². The van der Waals surface area contributed by atoms with Crippen LogP contribution in [0.5, 0.6) is 0 Å². The minimum absolute atomic E-state index is 0.119. The van der Waals surface area contributed by atoms with Gasteiger partial charge in [-0.25, -0.2) is 18.4 Å². The van der Waals surface area contributed by atoms with E-state index in [-0.39, 0.29) is 23.1 Å². The van der Waals surface area contributed by atoms with Gasteiger partial charge in [-0.05, 0) is 33.2 Å². The number of anilines is 1. The van der Waals surface area contributed by atoms with Crippen LogP contribution in [0.3, 0.4) is 0 Å². The summed E-state index contributed by atoms with van der Waals surface area (Å²) >= 11 is 0. The molecule has 1 aliphatic rings. The van der Waals surface area contributed by atoms with Gasteiger partial charge in [-0.15, -0.1) is 0 Å². The molecule has 0 spiro atoms. The Morgan fingerprint density at radius 3 is 2.57 bits per heavy atom. The lowest BCUT2D eigenvalue weighted by atomic mass is 9.99. The van der Waals surface area contributed by atoms with Crippen molar-refractivity contribution in [2.24, 2.45) is 0 Å². The first-order valence-corrected chi connectivity index (χ1v) is 10.8. The summed E-state index contributed by atoms with van der Waals surface area (Å²) < 4.78 is 32.3. The molecule has 3 rings (SSSR count). The summed E-state index contributed by atoms with van der Waals surface area (Å²) in [5.41, 5.74) is 1.02. The standard InChI is InChI=1S/C18H28N6O3S/c1-12-17(13(2)27-22-12)28(25,26)24(5)11-15-9-16(23(3)4)21-18(20-15)14-7-6-8-19-10-14/h9,14,19H,6-8,10-11H2,1-5H3. The summed E-state index contributed by atoms with van der Waals surface area (Å²) in [4.78, 5) is 11.4. The van der Waals surface area contributed by atoms with E-state index in [0.29, 0.717) is 11.4 Å². The fourth-order valence-electron chi connectivity index (χ4n) is 3.38. The molecule has 1 unspecified atom stereocenters. The van der Waals surface area contributed by atoms with Gasteiger partial charge in [-0.1, -0.05) is 5.16 Å². The second-order valence-electron chi connectivity index (χ2n) is 7.43. The van der Waals surface area contributed by atoms with E-state index in [1.54, 1.807) is 20.9 Å². The smallest absolute Gasteiger partial charge is 0.248 e. The van der Waals surface area contributed by atoms with E-state index in [2.05, 4.69) is 15.5 Å². The summed E-state index contributed by atoms with van der Waals surface area (Å²) in [5.74, 6) is 2.05. The third kappa shape index (κ3) is 4.18. The van der Waals surface area contributed by atoms with Crippen LogP contribution in [0.4, 0.5) is 5.82 Å². The molecule has 28 heavy (non-hydrogen) atoms. The summed E-state index contributed by atoms with van der Waals surface area (Å²) in [6.07, 6.45) is 2.10. The van der Waals surface area contributed by atoms with Crippen molar-refractivity contribution < 1.29 is 12.9 Å². The van der Waals surface area contributed by atoms with Crippen LogP contribution in [-0.2, 0) is 16.6 Å². The highest BCUT2D eigenvalue weighted by molar-refractivity contribution is 7.89. The van der Waals surface area contributed by atoms with Gasteiger partial charge in [0.2, 0.25) is 10.0 Å². The lowest BCUT2D eigenvalue weighted by Crippen LogP contribution is -2.31. The number of nitrogens with zero attached hydrogens (tertiary/aromatic N) is 5. The first-order valence-electron chi connectivity index (χ1n) is 9.35. The van der Waals surface area contributed by atoms with Crippen molar-refractivity contribution in [2.45, 2.75) is 44.0 Å². The Kier molecular flexibility index (Phi) is 6.01. The number of rotatable bonds is 6. The molecule has 1 aliphatic heterocycles. The third-order valence-corrected chi connectivity index (χ3v) is 6.97. The van der Waals surface area contributed by atoms with Crippen LogP contribution >= 0.6 is 0 Å². The van der Waals surface area contributed by atoms with E-state index < -0.39 is 10.0 Å². The molecule has 2 aromatic heterocycles. The predicted octanol–water partition coefficient (Wildman–Crippen LogP) is 1.44. The summed E-state index contributed by atoms with van der Waals surface area (Å²) in [7, 11) is 1.64. The Morgan fingerprint density at radius 1 is 1.25 bits per heavy atom. The molecule has 10 heteroatoms. The average Bonchev–Trinajstić information content (AvgIpc) is 3.01. The number of hydrogen-bond acceptors (Lipinski definition) is 8. The molecule has 0 amide bonds. The minimum atomic E-state index is -3.74. The first-order chi connectivity index (χ1) is 13.2. The van der Waals surface area contributed by atoms with Crippen molar-refractivity contribution in [1.82, 2.24) is 24.7 Å². The highest BCUT2D eigenvalue weighted by Gasteiger charge is 2.29. The van der Waals surface area contributed by atoms with Crippen LogP contribution in [0.15, 0.2) is 15.5 Å². The number of sulfonamides is 1. The Balaban J connectivity index is 1.91. The zero-order chi connectivity index (χ0) is 20.5. The first kappa shape index (κ1) is 20.7. The lowest BCUT2D eigenvalue weighted by Gasteiger charge is -2.24. The molecule has 0 aromatic carbocycles. The van der Waals surface area contributed by atoms with Crippen molar-refractivity contribution in [2.75, 3.05) is 39.1 Å². The SMILES string of the molecule is Cc1noc(C)c1S(=O)(=O)N(C)Cc1cc(N(C)C)nc(C2CCCNC2)n1.